The largest absolute Gasteiger partial charge is 0.469 e. The summed E-state index contributed by atoms with van der Waals surface area (Å²) in [5.41, 5.74) is -0.384. The fourth-order valence-corrected chi connectivity index (χ4v) is 2.77. The van der Waals surface area contributed by atoms with Crippen molar-refractivity contribution in [1.82, 2.24) is 10.2 Å². The first-order valence-electron chi connectivity index (χ1n) is 7.54. The van der Waals surface area contributed by atoms with Crippen molar-refractivity contribution < 1.29 is 9.53 Å². The van der Waals surface area contributed by atoms with E-state index in [4.69, 9.17) is 4.74 Å². The summed E-state index contributed by atoms with van der Waals surface area (Å²) >= 11 is 0. The fourth-order valence-electron chi connectivity index (χ4n) is 2.77. The maximum absolute atomic E-state index is 11.7. The van der Waals surface area contributed by atoms with E-state index in [1.165, 1.54) is 26.4 Å². The zero-order valence-electron chi connectivity index (χ0n) is 13.0. The van der Waals surface area contributed by atoms with Crippen molar-refractivity contribution in [3.05, 3.63) is 0 Å². The summed E-state index contributed by atoms with van der Waals surface area (Å²) in [6.07, 6.45) is 4.59. The first-order valence-corrected chi connectivity index (χ1v) is 7.54. The van der Waals surface area contributed by atoms with Crippen LogP contribution in [0.25, 0.3) is 0 Å². The number of carbonyl (C=O) groups excluding carboxylic acids is 1. The lowest BCUT2D eigenvalue weighted by Crippen LogP contribution is -2.39. The van der Waals surface area contributed by atoms with Gasteiger partial charge in [0.05, 0.1) is 12.5 Å². The molecule has 4 nitrogen and oxygen atoms in total. The van der Waals surface area contributed by atoms with Crippen LogP contribution in [-0.4, -0.2) is 50.2 Å². The minimum Gasteiger partial charge on any atom is -0.469 e. The van der Waals surface area contributed by atoms with Gasteiger partial charge in [-0.3, -0.25) is 4.79 Å². The van der Waals surface area contributed by atoms with Crippen molar-refractivity contribution in [1.29, 1.82) is 0 Å². The van der Waals surface area contributed by atoms with E-state index in [0.29, 0.717) is 6.04 Å². The number of hydrogen-bond donors (Lipinski definition) is 1. The molecule has 0 saturated carbocycles. The SMILES string of the molecule is CCN(CCC(C)(C)C(=O)OC)C1CCCNCC1. The van der Waals surface area contributed by atoms with Crippen molar-refractivity contribution >= 4 is 5.97 Å². The van der Waals surface area contributed by atoms with E-state index >= 15 is 0 Å². The molecule has 0 radical (unpaired) electrons. The summed E-state index contributed by atoms with van der Waals surface area (Å²) in [5.74, 6) is -0.105. The van der Waals surface area contributed by atoms with E-state index < -0.39 is 0 Å². The maximum Gasteiger partial charge on any atom is 0.311 e. The lowest BCUT2D eigenvalue weighted by Gasteiger charge is -2.32. The van der Waals surface area contributed by atoms with Crippen molar-refractivity contribution in [2.24, 2.45) is 5.41 Å². The molecule has 0 aromatic rings. The van der Waals surface area contributed by atoms with Crippen molar-refractivity contribution in [2.45, 2.75) is 52.5 Å². The van der Waals surface area contributed by atoms with Crippen molar-refractivity contribution in [2.75, 3.05) is 33.3 Å². The van der Waals surface area contributed by atoms with Gasteiger partial charge in [0.25, 0.3) is 0 Å². The Morgan fingerprint density at radius 2 is 2.11 bits per heavy atom. The van der Waals surface area contributed by atoms with E-state index in [2.05, 4.69) is 17.1 Å². The predicted octanol–water partition coefficient (Wildman–Crippen LogP) is 2.04. The van der Waals surface area contributed by atoms with Crippen molar-refractivity contribution in [3.63, 3.8) is 0 Å². The second kappa shape index (κ2) is 7.85. The highest BCUT2D eigenvalue weighted by Gasteiger charge is 2.30. The summed E-state index contributed by atoms with van der Waals surface area (Å²) in [7, 11) is 1.47. The van der Waals surface area contributed by atoms with Crippen LogP contribution in [0.15, 0.2) is 0 Å². The summed E-state index contributed by atoms with van der Waals surface area (Å²) in [6.45, 7) is 10.4. The highest BCUT2D eigenvalue weighted by Crippen LogP contribution is 2.24. The fraction of sp³-hybridized carbons (Fsp3) is 0.933. The van der Waals surface area contributed by atoms with Gasteiger partial charge in [0.15, 0.2) is 0 Å². The molecule has 1 N–H and O–H groups in total. The Bertz CT molecular complexity index is 271. The van der Waals surface area contributed by atoms with Gasteiger partial charge in [-0.1, -0.05) is 6.92 Å². The summed E-state index contributed by atoms with van der Waals surface area (Å²) in [6, 6.07) is 0.661. The Labute approximate surface area is 117 Å². The standard InChI is InChI=1S/C15H30N2O2/c1-5-17(13-7-6-10-16-11-8-13)12-9-15(2,3)14(18)19-4/h13,16H,5-12H2,1-4H3. The highest BCUT2D eigenvalue weighted by atomic mass is 16.5. The van der Waals surface area contributed by atoms with Gasteiger partial charge in [-0.2, -0.15) is 0 Å². The minimum atomic E-state index is -0.384. The normalized spacial score (nSPS) is 21.2. The molecule has 1 unspecified atom stereocenters. The lowest BCUT2D eigenvalue weighted by molar-refractivity contribution is -0.151. The van der Waals surface area contributed by atoms with Gasteiger partial charge in [-0.25, -0.2) is 0 Å². The monoisotopic (exact) mass is 270 g/mol. The minimum absolute atomic E-state index is 0.105. The number of nitrogens with zero attached hydrogens (tertiary/aromatic N) is 1. The zero-order chi connectivity index (χ0) is 14.3. The van der Waals surface area contributed by atoms with Crippen LogP contribution in [0.5, 0.6) is 0 Å². The molecule has 0 aromatic carbocycles. The molecule has 1 atom stereocenters. The molecule has 1 heterocycles. The first-order chi connectivity index (χ1) is 9.01. The Morgan fingerprint density at radius 1 is 1.37 bits per heavy atom. The average molecular weight is 270 g/mol. The van der Waals surface area contributed by atoms with E-state index in [9.17, 15) is 4.79 Å². The van der Waals surface area contributed by atoms with Crippen LogP contribution in [0.4, 0.5) is 0 Å². The van der Waals surface area contributed by atoms with Crippen LogP contribution in [0, 0.1) is 5.41 Å². The Kier molecular flexibility index (Phi) is 6.80. The van der Waals surface area contributed by atoms with Crippen LogP contribution < -0.4 is 5.32 Å². The van der Waals surface area contributed by atoms with E-state index in [0.717, 1.165) is 32.6 Å². The topological polar surface area (TPSA) is 41.6 Å². The Hall–Kier alpha value is -0.610. The molecule has 0 spiro atoms. The third kappa shape index (κ3) is 5.11. The number of esters is 1. The summed E-state index contributed by atoms with van der Waals surface area (Å²) < 4.78 is 4.88. The van der Waals surface area contributed by atoms with Crippen molar-refractivity contribution in [3.8, 4) is 0 Å². The molecule has 0 aromatic heterocycles. The molecule has 19 heavy (non-hydrogen) atoms. The van der Waals surface area contributed by atoms with Gasteiger partial charge < -0.3 is 15.0 Å². The van der Waals surface area contributed by atoms with Gasteiger partial charge in [-0.05, 0) is 65.7 Å². The summed E-state index contributed by atoms with van der Waals surface area (Å²) in [5, 5.41) is 3.46. The van der Waals surface area contributed by atoms with Crippen LogP contribution in [-0.2, 0) is 9.53 Å². The molecule has 1 aliphatic heterocycles. The first kappa shape index (κ1) is 16.4. The van der Waals surface area contributed by atoms with Gasteiger partial charge >= 0.3 is 5.97 Å². The van der Waals surface area contributed by atoms with Gasteiger partial charge in [0.1, 0.15) is 0 Å². The molecule has 4 heteroatoms. The molecular weight excluding hydrogens is 240 g/mol. The second-order valence-electron chi connectivity index (χ2n) is 6.09. The Balaban J connectivity index is 2.49. The molecule has 112 valence electrons. The van der Waals surface area contributed by atoms with Crippen LogP contribution in [0.3, 0.4) is 0 Å². The summed E-state index contributed by atoms with van der Waals surface area (Å²) in [4.78, 5) is 14.2. The highest BCUT2D eigenvalue weighted by molar-refractivity contribution is 5.75. The number of methoxy groups -OCH3 is 1. The quantitative estimate of drug-likeness (QED) is 0.750. The number of nitrogens with one attached hydrogen (secondary N) is 1. The van der Waals surface area contributed by atoms with E-state index in [-0.39, 0.29) is 11.4 Å². The molecule has 0 bridgehead atoms. The Morgan fingerprint density at radius 3 is 2.74 bits per heavy atom. The second-order valence-corrected chi connectivity index (χ2v) is 6.09. The molecular formula is C15H30N2O2. The number of rotatable bonds is 6. The predicted molar refractivity (Wildman–Crippen MR) is 78.2 cm³/mol. The van der Waals surface area contributed by atoms with E-state index in [1.54, 1.807) is 0 Å². The third-order valence-electron chi connectivity index (χ3n) is 4.23. The number of ether oxygens (including phenoxy) is 1. The molecule has 1 fully saturated rings. The lowest BCUT2D eigenvalue weighted by atomic mass is 9.89. The molecule has 0 aliphatic carbocycles. The molecule has 1 aliphatic rings. The third-order valence-corrected chi connectivity index (χ3v) is 4.23. The maximum atomic E-state index is 11.7. The zero-order valence-corrected chi connectivity index (χ0v) is 13.0. The van der Waals surface area contributed by atoms with Gasteiger partial charge in [0.2, 0.25) is 0 Å². The number of carbonyl (C=O) groups is 1. The molecule has 1 rings (SSSR count). The van der Waals surface area contributed by atoms with Gasteiger partial charge in [0, 0.05) is 6.04 Å². The number of hydrogen-bond acceptors (Lipinski definition) is 4. The molecule has 1 saturated heterocycles. The van der Waals surface area contributed by atoms with Crippen LogP contribution in [0.2, 0.25) is 0 Å². The van der Waals surface area contributed by atoms with Crippen LogP contribution in [0.1, 0.15) is 46.5 Å². The van der Waals surface area contributed by atoms with Gasteiger partial charge in [-0.15, -0.1) is 0 Å². The molecule has 0 amide bonds. The van der Waals surface area contributed by atoms with E-state index in [1.807, 2.05) is 13.8 Å². The average Bonchev–Trinajstić information content (AvgIpc) is 2.67. The van der Waals surface area contributed by atoms with Crippen LogP contribution >= 0.6 is 0 Å². The smallest absolute Gasteiger partial charge is 0.311 e.